The summed E-state index contributed by atoms with van der Waals surface area (Å²) in [6, 6.07) is 26.9. The van der Waals surface area contributed by atoms with Gasteiger partial charge in [0.15, 0.2) is 5.60 Å². The van der Waals surface area contributed by atoms with E-state index in [-0.39, 0.29) is 5.91 Å². The number of methoxy groups -OCH3 is 1. The summed E-state index contributed by atoms with van der Waals surface area (Å²) in [5, 5.41) is 3.18. The minimum atomic E-state index is -0.798. The van der Waals surface area contributed by atoms with Gasteiger partial charge in [-0.25, -0.2) is 0 Å². The number of benzene rings is 3. The van der Waals surface area contributed by atoms with Crippen LogP contribution < -0.4 is 10.1 Å². The summed E-state index contributed by atoms with van der Waals surface area (Å²) in [5.74, 6) is 0.849. The first-order valence-electron chi connectivity index (χ1n) is 13.0. The van der Waals surface area contributed by atoms with Crippen molar-refractivity contribution in [1.82, 2.24) is 10.2 Å². The van der Waals surface area contributed by atoms with E-state index < -0.39 is 5.60 Å². The summed E-state index contributed by atoms with van der Waals surface area (Å²) in [5.41, 5.74) is 3.74. The minimum Gasteiger partial charge on any atom is -0.496 e. The average Bonchev–Trinajstić information content (AvgIpc) is 3.40. The molecule has 1 fully saturated rings. The van der Waals surface area contributed by atoms with Crippen molar-refractivity contribution in [2.24, 2.45) is 0 Å². The van der Waals surface area contributed by atoms with Gasteiger partial charge < -0.3 is 14.8 Å². The highest BCUT2D eigenvalue weighted by atomic mass is 16.5. The lowest BCUT2D eigenvalue weighted by Crippen LogP contribution is -2.48. The van der Waals surface area contributed by atoms with Crippen molar-refractivity contribution in [3.63, 3.8) is 0 Å². The molecule has 3 aromatic rings. The van der Waals surface area contributed by atoms with E-state index in [1.807, 2.05) is 30.3 Å². The second-order valence-corrected chi connectivity index (χ2v) is 9.49. The van der Waals surface area contributed by atoms with Crippen LogP contribution >= 0.6 is 0 Å². The first-order valence-corrected chi connectivity index (χ1v) is 13.0. The van der Waals surface area contributed by atoms with Gasteiger partial charge in [0.05, 0.1) is 7.11 Å². The zero-order valence-electron chi connectivity index (χ0n) is 21.5. The van der Waals surface area contributed by atoms with E-state index in [0.717, 1.165) is 61.3 Å². The SMILES string of the molecule is CCN(CCCNC(=O)C1(Cc2cccc(-c3ccccc3OC)c2)CCCO1)Cc1ccccc1. The fraction of sp³-hybridized carbons (Fsp3) is 0.387. The topological polar surface area (TPSA) is 50.8 Å². The molecule has 1 atom stereocenters. The molecule has 0 spiro atoms. The number of ether oxygens (including phenoxy) is 2. The molecule has 3 aromatic carbocycles. The number of rotatable bonds is 12. The van der Waals surface area contributed by atoms with Crippen LogP contribution in [0.15, 0.2) is 78.9 Å². The van der Waals surface area contributed by atoms with Gasteiger partial charge in [-0.2, -0.15) is 0 Å². The minimum absolute atomic E-state index is 0.00815. The molecule has 0 bridgehead atoms. The van der Waals surface area contributed by atoms with Gasteiger partial charge in [0, 0.05) is 38.2 Å². The van der Waals surface area contributed by atoms with Crippen LogP contribution in [0.4, 0.5) is 0 Å². The number of carbonyl (C=O) groups is 1. The fourth-order valence-electron chi connectivity index (χ4n) is 5.01. The van der Waals surface area contributed by atoms with Crippen LogP contribution in [0.1, 0.15) is 37.3 Å². The summed E-state index contributed by atoms with van der Waals surface area (Å²) in [4.78, 5) is 15.8. The van der Waals surface area contributed by atoms with Gasteiger partial charge >= 0.3 is 0 Å². The summed E-state index contributed by atoms with van der Waals surface area (Å²) >= 11 is 0. The number of nitrogens with zero attached hydrogens (tertiary/aromatic N) is 1. The van der Waals surface area contributed by atoms with E-state index in [1.165, 1.54) is 5.56 Å². The number of carbonyl (C=O) groups excluding carboxylic acids is 1. The van der Waals surface area contributed by atoms with Crippen molar-refractivity contribution in [1.29, 1.82) is 0 Å². The highest BCUT2D eigenvalue weighted by Gasteiger charge is 2.42. The summed E-state index contributed by atoms with van der Waals surface area (Å²) < 4.78 is 11.7. The molecule has 1 unspecified atom stereocenters. The molecule has 1 amide bonds. The predicted molar refractivity (Wildman–Crippen MR) is 145 cm³/mol. The lowest BCUT2D eigenvalue weighted by atomic mass is 9.89. The second-order valence-electron chi connectivity index (χ2n) is 9.49. The van der Waals surface area contributed by atoms with Crippen LogP contribution in [0.25, 0.3) is 11.1 Å². The van der Waals surface area contributed by atoms with E-state index in [4.69, 9.17) is 9.47 Å². The Morgan fingerprint density at radius 1 is 1.03 bits per heavy atom. The van der Waals surface area contributed by atoms with E-state index in [0.29, 0.717) is 19.6 Å². The van der Waals surface area contributed by atoms with Gasteiger partial charge in [0.2, 0.25) is 0 Å². The van der Waals surface area contributed by atoms with E-state index in [2.05, 4.69) is 65.7 Å². The Morgan fingerprint density at radius 2 is 1.81 bits per heavy atom. The Bertz CT molecular complexity index is 1110. The van der Waals surface area contributed by atoms with Crippen molar-refractivity contribution in [3.8, 4) is 16.9 Å². The zero-order valence-corrected chi connectivity index (χ0v) is 21.5. The van der Waals surface area contributed by atoms with Crippen LogP contribution in [0.3, 0.4) is 0 Å². The molecule has 1 aliphatic heterocycles. The van der Waals surface area contributed by atoms with Crippen molar-refractivity contribution in [3.05, 3.63) is 90.0 Å². The number of amides is 1. The number of hydrogen-bond acceptors (Lipinski definition) is 4. The largest absolute Gasteiger partial charge is 0.496 e. The maximum absolute atomic E-state index is 13.4. The monoisotopic (exact) mass is 486 g/mol. The lowest BCUT2D eigenvalue weighted by molar-refractivity contribution is -0.141. The van der Waals surface area contributed by atoms with Gasteiger partial charge in [-0.3, -0.25) is 9.69 Å². The van der Waals surface area contributed by atoms with Crippen LogP contribution in [0.2, 0.25) is 0 Å². The molecule has 0 aliphatic carbocycles. The number of para-hydroxylation sites is 1. The van der Waals surface area contributed by atoms with Crippen LogP contribution in [0.5, 0.6) is 5.75 Å². The fourth-order valence-corrected chi connectivity index (χ4v) is 5.01. The quantitative estimate of drug-likeness (QED) is 0.344. The molecule has 0 aromatic heterocycles. The molecule has 1 saturated heterocycles. The molecule has 1 heterocycles. The predicted octanol–water partition coefficient (Wildman–Crippen LogP) is 5.48. The highest BCUT2D eigenvalue weighted by Crippen LogP contribution is 2.33. The smallest absolute Gasteiger partial charge is 0.252 e. The van der Waals surface area contributed by atoms with E-state index in [9.17, 15) is 4.79 Å². The summed E-state index contributed by atoms with van der Waals surface area (Å²) in [6.45, 7) is 6.32. The molecule has 0 radical (unpaired) electrons. The summed E-state index contributed by atoms with van der Waals surface area (Å²) in [6.07, 6.45) is 3.12. The van der Waals surface area contributed by atoms with Gasteiger partial charge in [-0.05, 0) is 48.6 Å². The maximum Gasteiger partial charge on any atom is 0.252 e. The van der Waals surface area contributed by atoms with E-state index in [1.54, 1.807) is 7.11 Å². The molecule has 1 aliphatic rings. The third-order valence-electron chi connectivity index (χ3n) is 6.98. The van der Waals surface area contributed by atoms with Crippen molar-refractivity contribution in [2.75, 3.05) is 33.4 Å². The molecule has 1 N–H and O–H groups in total. The van der Waals surface area contributed by atoms with E-state index >= 15 is 0 Å². The Balaban J connectivity index is 1.36. The molecule has 5 nitrogen and oxygen atoms in total. The molecule has 4 rings (SSSR count). The molecule has 36 heavy (non-hydrogen) atoms. The zero-order chi connectivity index (χ0) is 25.2. The number of hydrogen-bond donors (Lipinski definition) is 1. The van der Waals surface area contributed by atoms with Gasteiger partial charge in [0.1, 0.15) is 5.75 Å². The van der Waals surface area contributed by atoms with Crippen LogP contribution in [-0.4, -0.2) is 49.8 Å². The molecule has 0 saturated carbocycles. The van der Waals surface area contributed by atoms with Crippen molar-refractivity contribution >= 4 is 5.91 Å². The molecular formula is C31H38N2O3. The third kappa shape index (κ3) is 6.54. The normalized spacial score (nSPS) is 17.3. The Kier molecular flexibility index (Phi) is 9.15. The second kappa shape index (κ2) is 12.7. The third-order valence-corrected chi connectivity index (χ3v) is 6.98. The molecule has 5 heteroatoms. The Labute approximate surface area is 215 Å². The number of nitrogens with one attached hydrogen (secondary N) is 1. The van der Waals surface area contributed by atoms with Crippen molar-refractivity contribution in [2.45, 2.75) is 44.8 Å². The molecular weight excluding hydrogens is 448 g/mol. The van der Waals surface area contributed by atoms with Gasteiger partial charge in [0.25, 0.3) is 5.91 Å². The first kappa shape index (κ1) is 25.9. The maximum atomic E-state index is 13.4. The Morgan fingerprint density at radius 3 is 2.56 bits per heavy atom. The standard InChI is InChI=1S/C31H38N2O3/c1-3-33(24-25-12-5-4-6-13-25)20-11-19-32-30(34)31(18-10-21-36-31)23-26-14-9-15-27(22-26)28-16-7-8-17-29(28)35-2/h4-9,12-17,22H,3,10-11,18-21,23-24H2,1-2H3,(H,32,34). The van der Waals surface area contributed by atoms with Crippen LogP contribution in [0, 0.1) is 0 Å². The highest BCUT2D eigenvalue weighted by molar-refractivity contribution is 5.86. The Hall–Kier alpha value is -3.15. The van der Waals surface area contributed by atoms with Gasteiger partial charge in [-0.1, -0.05) is 79.7 Å². The van der Waals surface area contributed by atoms with Crippen LogP contribution in [-0.2, 0) is 22.5 Å². The first-order chi connectivity index (χ1) is 17.6. The average molecular weight is 487 g/mol. The van der Waals surface area contributed by atoms with Crippen molar-refractivity contribution < 1.29 is 14.3 Å². The summed E-state index contributed by atoms with van der Waals surface area (Å²) in [7, 11) is 1.69. The molecule has 190 valence electrons. The lowest BCUT2D eigenvalue weighted by Gasteiger charge is -2.28. The van der Waals surface area contributed by atoms with Gasteiger partial charge in [-0.15, -0.1) is 0 Å².